The van der Waals surface area contributed by atoms with Crippen LogP contribution >= 0.6 is 21.4 Å². The topological polar surface area (TPSA) is 34.1 Å². The number of hydrogen-bond donors (Lipinski definition) is 0. The Balaban J connectivity index is 0.000000114. The van der Waals surface area contributed by atoms with E-state index >= 15 is 0 Å². The zero-order chi connectivity index (χ0) is 8.48. The van der Waals surface area contributed by atoms with E-state index < -0.39 is 8.26 Å². The predicted molar refractivity (Wildman–Crippen MR) is 46.1 cm³/mol. The van der Waals surface area contributed by atoms with Crippen molar-refractivity contribution in [3.63, 3.8) is 0 Å². The number of halogens is 2. The number of hydrogen-bond acceptors (Lipinski definition) is 2. The second-order valence-electron chi connectivity index (χ2n) is 1.96. The van der Waals surface area contributed by atoms with Gasteiger partial charge in [0.25, 0.3) is 0 Å². The van der Waals surface area contributed by atoms with Crippen molar-refractivity contribution < 1.29 is 8.42 Å². The van der Waals surface area contributed by atoms with E-state index in [-0.39, 0.29) is 0 Å². The molecular formula is C6H4Cl2O2S. The summed E-state index contributed by atoms with van der Waals surface area (Å²) >= 11 is 0. The SMILES string of the molecule is O=S(=O)(Cl)Cl.c1cc2ccc1-2. The van der Waals surface area contributed by atoms with Gasteiger partial charge in [-0.05, 0) is 11.1 Å². The minimum absolute atomic E-state index is 1.43. The minimum atomic E-state index is -3.72. The molecule has 0 spiro atoms. The molecule has 2 aliphatic carbocycles. The molecule has 0 saturated carbocycles. The van der Waals surface area contributed by atoms with Gasteiger partial charge in [0.05, 0.1) is 0 Å². The highest BCUT2D eigenvalue weighted by molar-refractivity contribution is 8.31. The zero-order valence-corrected chi connectivity index (χ0v) is 7.62. The number of benzene rings is 1. The van der Waals surface area contributed by atoms with Crippen LogP contribution in [0.25, 0.3) is 11.1 Å². The van der Waals surface area contributed by atoms with E-state index in [4.69, 9.17) is 8.42 Å². The lowest BCUT2D eigenvalue weighted by molar-refractivity contribution is 0.621. The smallest absolute Gasteiger partial charge is 0.195 e. The lowest BCUT2D eigenvalue weighted by atomic mass is 9.95. The number of rotatable bonds is 0. The summed E-state index contributed by atoms with van der Waals surface area (Å²) in [4.78, 5) is 0. The Kier molecular flexibility index (Phi) is 2.42. The Morgan fingerprint density at radius 3 is 1.09 bits per heavy atom. The van der Waals surface area contributed by atoms with Crippen LogP contribution in [0.15, 0.2) is 24.3 Å². The fourth-order valence-corrected chi connectivity index (χ4v) is 0.663. The average molecular weight is 211 g/mol. The molecule has 2 nitrogen and oxygen atoms in total. The van der Waals surface area contributed by atoms with E-state index in [1.54, 1.807) is 0 Å². The first kappa shape index (κ1) is 8.84. The molecule has 0 aromatic rings. The molecule has 5 heteroatoms. The van der Waals surface area contributed by atoms with Gasteiger partial charge in [0.2, 0.25) is 0 Å². The Morgan fingerprint density at radius 2 is 1.09 bits per heavy atom. The summed E-state index contributed by atoms with van der Waals surface area (Å²) in [6.07, 6.45) is 0. The molecular weight excluding hydrogens is 207 g/mol. The average Bonchev–Trinajstić information content (AvgIpc) is 1.74. The molecule has 0 bridgehead atoms. The fourth-order valence-electron chi connectivity index (χ4n) is 0.663. The van der Waals surface area contributed by atoms with Crippen molar-refractivity contribution in [1.29, 1.82) is 0 Å². The largest absolute Gasteiger partial charge is 0.317 e. The molecule has 0 N–H and O–H groups in total. The van der Waals surface area contributed by atoms with Crippen molar-refractivity contribution in [2.24, 2.45) is 0 Å². The van der Waals surface area contributed by atoms with Crippen LogP contribution in [0.3, 0.4) is 0 Å². The summed E-state index contributed by atoms with van der Waals surface area (Å²) in [5.74, 6) is 0. The normalized spacial score (nSPS) is 11.5. The van der Waals surface area contributed by atoms with Crippen LogP contribution in [0.5, 0.6) is 0 Å². The van der Waals surface area contributed by atoms with Crippen molar-refractivity contribution in [3.8, 4) is 11.1 Å². The van der Waals surface area contributed by atoms with Gasteiger partial charge in [-0.1, -0.05) is 24.3 Å². The van der Waals surface area contributed by atoms with Crippen LogP contribution in [-0.2, 0) is 8.26 Å². The van der Waals surface area contributed by atoms with Gasteiger partial charge in [0, 0.05) is 21.4 Å². The lowest BCUT2D eigenvalue weighted by Gasteiger charge is -2.10. The van der Waals surface area contributed by atoms with Crippen molar-refractivity contribution in [2.75, 3.05) is 0 Å². The molecule has 0 amide bonds. The maximum atomic E-state index is 9.16. The zero-order valence-electron chi connectivity index (χ0n) is 5.29. The minimum Gasteiger partial charge on any atom is -0.195 e. The molecule has 2 rings (SSSR count). The molecule has 0 radical (unpaired) electrons. The van der Waals surface area contributed by atoms with Gasteiger partial charge in [-0.15, -0.1) is 0 Å². The molecule has 0 saturated heterocycles. The standard InChI is InChI=1S/C6H4.Cl2O2S/c1-2-6-4-3-5(1)6;1-5(2,3)4/h1-4H;. The highest BCUT2D eigenvalue weighted by Gasteiger charge is 2.03. The van der Waals surface area contributed by atoms with Crippen LogP contribution in [0.1, 0.15) is 0 Å². The highest BCUT2D eigenvalue weighted by Crippen LogP contribution is 2.29. The quantitative estimate of drug-likeness (QED) is 0.627. The van der Waals surface area contributed by atoms with E-state index in [2.05, 4.69) is 45.6 Å². The molecule has 0 aromatic carbocycles. The molecule has 60 valence electrons. The van der Waals surface area contributed by atoms with Crippen LogP contribution in [0.4, 0.5) is 0 Å². The van der Waals surface area contributed by atoms with E-state index in [9.17, 15) is 0 Å². The van der Waals surface area contributed by atoms with E-state index in [0.29, 0.717) is 0 Å². The third-order valence-corrected chi connectivity index (χ3v) is 1.22. The highest BCUT2D eigenvalue weighted by atomic mass is 36.0. The van der Waals surface area contributed by atoms with Crippen LogP contribution in [0, 0.1) is 0 Å². The van der Waals surface area contributed by atoms with Gasteiger partial charge in [0.1, 0.15) is 0 Å². The monoisotopic (exact) mass is 210 g/mol. The third kappa shape index (κ3) is 3.10. The van der Waals surface area contributed by atoms with Crippen LogP contribution < -0.4 is 0 Å². The van der Waals surface area contributed by atoms with Crippen LogP contribution in [0.2, 0.25) is 0 Å². The second kappa shape index (κ2) is 3.01. The summed E-state index contributed by atoms with van der Waals surface area (Å²) in [5.41, 5.74) is 2.85. The Hall–Kier alpha value is -0.250. The summed E-state index contributed by atoms with van der Waals surface area (Å²) in [7, 11) is 4.81. The van der Waals surface area contributed by atoms with Gasteiger partial charge < -0.3 is 0 Å². The third-order valence-electron chi connectivity index (χ3n) is 1.22. The van der Waals surface area contributed by atoms with Crippen molar-refractivity contribution in [3.05, 3.63) is 24.3 Å². The summed E-state index contributed by atoms with van der Waals surface area (Å²) < 4.78 is 18.3. The summed E-state index contributed by atoms with van der Waals surface area (Å²) in [6, 6.07) is 8.48. The van der Waals surface area contributed by atoms with E-state index in [0.717, 1.165) is 0 Å². The first-order valence-corrected chi connectivity index (χ1v) is 5.85. The van der Waals surface area contributed by atoms with E-state index in [1.807, 2.05) is 0 Å². The van der Waals surface area contributed by atoms with Gasteiger partial charge in [-0.2, -0.15) is 8.42 Å². The lowest BCUT2D eigenvalue weighted by Crippen LogP contribution is -1.85. The second-order valence-corrected chi connectivity index (χ2v) is 5.62. The molecule has 0 aliphatic heterocycles. The van der Waals surface area contributed by atoms with Crippen LogP contribution in [-0.4, -0.2) is 8.42 Å². The van der Waals surface area contributed by atoms with Crippen molar-refractivity contribution >= 4 is 29.6 Å². The Morgan fingerprint density at radius 1 is 0.909 bits per heavy atom. The Labute approximate surface area is 73.7 Å². The number of fused-ring (bicyclic) bond motifs is 1. The van der Waals surface area contributed by atoms with Crippen molar-refractivity contribution in [2.45, 2.75) is 0 Å². The molecule has 0 aromatic heterocycles. The maximum absolute atomic E-state index is 9.16. The Bertz CT molecular complexity index is 312. The molecule has 0 heterocycles. The van der Waals surface area contributed by atoms with Gasteiger partial charge in [-0.3, -0.25) is 0 Å². The first-order valence-electron chi connectivity index (χ1n) is 2.71. The molecule has 2 aliphatic rings. The fraction of sp³-hybridized carbons (Fsp3) is 0. The molecule has 0 fully saturated rings. The molecule has 0 unspecified atom stereocenters. The molecule has 0 atom stereocenters. The van der Waals surface area contributed by atoms with Gasteiger partial charge in [-0.25, -0.2) is 0 Å². The first-order chi connectivity index (χ1) is 4.97. The van der Waals surface area contributed by atoms with Crippen molar-refractivity contribution in [1.82, 2.24) is 0 Å². The summed E-state index contributed by atoms with van der Waals surface area (Å²) in [5, 5.41) is 0. The molecule has 11 heavy (non-hydrogen) atoms. The predicted octanol–water partition coefficient (Wildman–Crippen LogP) is 2.38. The van der Waals surface area contributed by atoms with Gasteiger partial charge in [0.15, 0.2) is 0 Å². The van der Waals surface area contributed by atoms with E-state index in [1.165, 1.54) is 11.1 Å². The maximum Gasteiger partial charge on any atom is 0.317 e. The summed E-state index contributed by atoms with van der Waals surface area (Å²) in [6.45, 7) is 0. The van der Waals surface area contributed by atoms with Gasteiger partial charge >= 0.3 is 8.26 Å².